The summed E-state index contributed by atoms with van der Waals surface area (Å²) < 4.78 is 38.6. The van der Waals surface area contributed by atoms with Gasteiger partial charge >= 0.3 is 5.97 Å². The minimum atomic E-state index is -3.63. The van der Waals surface area contributed by atoms with Crippen LogP contribution in [0.25, 0.3) is 17.3 Å². The molecule has 1 heterocycles. The molecular weight excluding hydrogens is 453 g/mol. The molecule has 0 aliphatic heterocycles. The number of aromatic nitrogens is 2. The van der Waals surface area contributed by atoms with Gasteiger partial charge in [0.05, 0.1) is 17.6 Å². The van der Waals surface area contributed by atoms with E-state index < -0.39 is 27.6 Å². The number of unbranched alkanes of at least 4 members (excludes halogenated alkanes) is 1. The molecule has 1 aromatic heterocycles. The van der Waals surface area contributed by atoms with Gasteiger partial charge in [-0.15, -0.1) is 0 Å². The molecular formula is C22H28FN3O6S. The number of halogens is 1. The van der Waals surface area contributed by atoms with Gasteiger partial charge in [0, 0.05) is 24.6 Å². The van der Waals surface area contributed by atoms with Gasteiger partial charge in [-0.05, 0) is 43.0 Å². The number of benzene rings is 1. The van der Waals surface area contributed by atoms with E-state index in [1.54, 1.807) is 12.2 Å². The SMILES string of the molecule is CC(C)c1nc(N(C)S(C)(=O)=O)nc(-c2ccc(F)cc2)c1/C=C/CCCC(O)(O)C(=O)O. The predicted octanol–water partition coefficient (Wildman–Crippen LogP) is 2.75. The highest BCUT2D eigenvalue weighted by molar-refractivity contribution is 7.92. The number of sulfonamides is 1. The van der Waals surface area contributed by atoms with Gasteiger partial charge in [-0.3, -0.25) is 0 Å². The number of carboxylic acid groups (broad SMARTS) is 1. The van der Waals surface area contributed by atoms with Crippen molar-refractivity contribution >= 4 is 28.0 Å². The van der Waals surface area contributed by atoms with Crippen LogP contribution in [0.1, 0.15) is 50.3 Å². The standard InChI is InChI=1S/C22H28FN3O6S/c1-14(2)18-17(8-6-5-7-13-22(29,30)20(27)28)19(15-9-11-16(23)12-10-15)25-21(24-18)26(3)33(4,31)32/h6,8-12,14,29-30H,5,7,13H2,1-4H3,(H,27,28)/b8-6+. The number of carbonyl (C=O) groups is 1. The molecule has 0 saturated heterocycles. The quantitative estimate of drug-likeness (QED) is 0.347. The van der Waals surface area contributed by atoms with E-state index in [2.05, 4.69) is 9.97 Å². The third-order valence-electron chi connectivity index (χ3n) is 4.93. The zero-order chi connectivity index (χ0) is 25.0. The number of nitrogens with zero attached hydrogens (tertiary/aromatic N) is 3. The van der Waals surface area contributed by atoms with Crippen LogP contribution in [0.5, 0.6) is 0 Å². The number of hydrogen-bond donors (Lipinski definition) is 3. The van der Waals surface area contributed by atoms with Gasteiger partial charge in [-0.25, -0.2) is 31.9 Å². The number of rotatable bonds is 10. The van der Waals surface area contributed by atoms with Gasteiger partial charge < -0.3 is 15.3 Å². The highest BCUT2D eigenvalue weighted by Gasteiger charge is 2.31. The van der Waals surface area contributed by atoms with E-state index in [0.29, 0.717) is 28.9 Å². The van der Waals surface area contributed by atoms with Crippen molar-refractivity contribution < 1.29 is 32.9 Å². The Morgan fingerprint density at radius 1 is 1.21 bits per heavy atom. The summed E-state index contributed by atoms with van der Waals surface area (Å²) in [5, 5.41) is 27.6. The fourth-order valence-electron chi connectivity index (χ4n) is 2.97. The van der Waals surface area contributed by atoms with E-state index in [-0.39, 0.29) is 24.7 Å². The lowest BCUT2D eigenvalue weighted by Gasteiger charge is -2.20. The molecule has 0 spiro atoms. The van der Waals surface area contributed by atoms with Crippen LogP contribution in [-0.2, 0) is 14.8 Å². The Balaban J connectivity index is 2.52. The third kappa shape index (κ3) is 6.80. The Kier molecular flexibility index (Phi) is 8.28. The van der Waals surface area contributed by atoms with Crippen molar-refractivity contribution in [3.63, 3.8) is 0 Å². The molecule has 33 heavy (non-hydrogen) atoms. The second-order valence-corrected chi connectivity index (χ2v) is 9.99. The molecule has 0 amide bonds. The zero-order valence-corrected chi connectivity index (χ0v) is 19.7. The van der Waals surface area contributed by atoms with Crippen LogP contribution < -0.4 is 4.31 Å². The molecule has 2 aromatic rings. The third-order valence-corrected chi connectivity index (χ3v) is 6.09. The second kappa shape index (κ2) is 10.4. The number of anilines is 1. The fourth-order valence-corrected chi connectivity index (χ4v) is 3.35. The van der Waals surface area contributed by atoms with Gasteiger partial charge in [0.25, 0.3) is 5.79 Å². The maximum absolute atomic E-state index is 13.5. The highest BCUT2D eigenvalue weighted by Crippen LogP contribution is 2.31. The van der Waals surface area contributed by atoms with Crippen LogP contribution in [0.15, 0.2) is 30.3 Å². The molecule has 0 fully saturated rings. The van der Waals surface area contributed by atoms with Crippen LogP contribution in [0.2, 0.25) is 0 Å². The first kappa shape index (κ1) is 26.4. The van der Waals surface area contributed by atoms with E-state index in [0.717, 1.165) is 10.6 Å². The van der Waals surface area contributed by atoms with E-state index >= 15 is 0 Å². The number of hydrogen-bond acceptors (Lipinski definition) is 7. The van der Waals surface area contributed by atoms with Gasteiger partial charge in [-0.1, -0.05) is 26.0 Å². The van der Waals surface area contributed by atoms with E-state index in [9.17, 15) is 27.8 Å². The van der Waals surface area contributed by atoms with Crippen LogP contribution >= 0.6 is 0 Å². The van der Waals surface area contributed by atoms with Crippen molar-refractivity contribution in [2.45, 2.75) is 44.8 Å². The van der Waals surface area contributed by atoms with Crippen LogP contribution in [-0.4, -0.2) is 58.8 Å². The zero-order valence-electron chi connectivity index (χ0n) is 18.9. The lowest BCUT2D eigenvalue weighted by Crippen LogP contribution is -2.37. The molecule has 9 nitrogen and oxygen atoms in total. The van der Waals surface area contributed by atoms with Crippen LogP contribution in [0.3, 0.4) is 0 Å². The number of allylic oxidation sites excluding steroid dienone is 1. The van der Waals surface area contributed by atoms with Crippen LogP contribution in [0.4, 0.5) is 10.3 Å². The molecule has 1 aromatic carbocycles. The Morgan fingerprint density at radius 2 is 1.82 bits per heavy atom. The fraction of sp³-hybridized carbons (Fsp3) is 0.409. The first-order valence-corrected chi connectivity index (χ1v) is 12.1. The predicted molar refractivity (Wildman–Crippen MR) is 122 cm³/mol. The lowest BCUT2D eigenvalue weighted by atomic mass is 9.97. The van der Waals surface area contributed by atoms with Crippen molar-refractivity contribution in [1.29, 1.82) is 0 Å². The lowest BCUT2D eigenvalue weighted by molar-refractivity contribution is -0.205. The average Bonchev–Trinajstić information content (AvgIpc) is 2.72. The summed E-state index contributed by atoms with van der Waals surface area (Å²) in [5.74, 6) is -5.09. The summed E-state index contributed by atoms with van der Waals surface area (Å²) in [6.45, 7) is 3.77. The van der Waals surface area contributed by atoms with Gasteiger partial charge in [-0.2, -0.15) is 0 Å². The summed E-state index contributed by atoms with van der Waals surface area (Å²) >= 11 is 0. The first-order valence-electron chi connectivity index (χ1n) is 10.2. The van der Waals surface area contributed by atoms with E-state index in [1.807, 2.05) is 13.8 Å². The van der Waals surface area contributed by atoms with E-state index in [1.165, 1.54) is 31.3 Å². The van der Waals surface area contributed by atoms with Crippen molar-refractivity contribution in [3.8, 4) is 11.3 Å². The average molecular weight is 482 g/mol. The van der Waals surface area contributed by atoms with Gasteiger partial charge in [0.15, 0.2) is 0 Å². The molecule has 0 unspecified atom stereocenters. The number of aliphatic hydroxyl groups is 2. The van der Waals surface area contributed by atoms with Crippen molar-refractivity contribution in [3.05, 3.63) is 47.4 Å². The maximum atomic E-state index is 13.5. The topological polar surface area (TPSA) is 141 Å². The molecule has 2 rings (SSSR count). The normalized spacial score (nSPS) is 12.5. The molecule has 0 aliphatic rings. The Morgan fingerprint density at radius 3 is 2.33 bits per heavy atom. The molecule has 11 heteroatoms. The van der Waals surface area contributed by atoms with Crippen molar-refractivity contribution in [2.75, 3.05) is 17.6 Å². The summed E-state index contributed by atoms with van der Waals surface area (Å²) in [4.78, 5) is 19.7. The summed E-state index contributed by atoms with van der Waals surface area (Å²) in [7, 11) is -2.28. The monoisotopic (exact) mass is 481 g/mol. The molecule has 0 bridgehead atoms. The van der Waals surface area contributed by atoms with Gasteiger partial charge in [0.1, 0.15) is 5.82 Å². The number of aliphatic carboxylic acids is 1. The Bertz CT molecular complexity index is 1130. The first-order chi connectivity index (χ1) is 15.2. The van der Waals surface area contributed by atoms with Crippen LogP contribution in [0, 0.1) is 5.82 Å². The summed E-state index contributed by atoms with van der Waals surface area (Å²) in [6.07, 6.45) is 4.64. The number of carboxylic acids is 1. The van der Waals surface area contributed by atoms with Gasteiger partial charge in [0.2, 0.25) is 16.0 Å². The Labute approximate surface area is 192 Å². The largest absolute Gasteiger partial charge is 0.477 e. The molecule has 0 saturated carbocycles. The highest BCUT2D eigenvalue weighted by atomic mass is 32.2. The maximum Gasteiger partial charge on any atom is 0.364 e. The smallest absolute Gasteiger partial charge is 0.364 e. The second-order valence-electron chi connectivity index (χ2n) is 7.98. The van der Waals surface area contributed by atoms with E-state index in [4.69, 9.17) is 5.11 Å². The molecule has 180 valence electrons. The Hall–Kier alpha value is -2.89. The molecule has 0 radical (unpaired) electrons. The van der Waals surface area contributed by atoms with Crippen molar-refractivity contribution in [2.24, 2.45) is 0 Å². The molecule has 0 aliphatic carbocycles. The molecule has 3 N–H and O–H groups in total. The minimum absolute atomic E-state index is 0.0236. The minimum Gasteiger partial charge on any atom is -0.477 e. The summed E-state index contributed by atoms with van der Waals surface area (Å²) in [5.41, 5.74) is 2.12. The summed E-state index contributed by atoms with van der Waals surface area (Å²) in [6, 6.07) is 5.60. The van der Waals surface area contributed by atoms with Crippen molar-refractivity contribution in [1.82, 2.24) is 9.97 Å². The molecule has 0 atom stereocenters.